The first-order valence-corrected chi connectivity index (χ1v) is 7.43. The SMILES string of the molecule is CCN(CC(C)C)c1c(C=O)c(C)nn1-c1ccccc1. The van der Waals surface area contributed by atoms with Crippen LogP contribution in [-0.4, -0.2) is 29.2 Å². The van der Waals surface area contributed by atoms with Gasteiger partial charge in [0, 0.05) is 13.1 Å². The number of rotatable bonds is 6. The normalized spacial score (nSPS) is 10.9. The standard InChI is InChI=1S/C17H23N3O/c1-5-19(11-13(2)3)17-16(12-21)14(4)18-20(17)15-9-7-6-8-10-15/h6-10,12-13H,5,11H2,1-4H3. The van der Waals surface area contributed by atoms with Crippen LogP contribution in [0.3, 0.4) is 0 Å². The number of hydrogen-bond donors (Lipinski definition) is 0. The Labute approximate surface area is 126 Å². The number of aryl methyl sites for hydroxylation is 1. The molecule has 1 aromatic heterocycles. The van der Waals surface area contributed by atoms with Crippen molar-refractivity contribution in [3.05, 3.63) is 41.6 Å². The second-order valence-electron chi connectivity index (χ2n) is 5.62. The Hall–Kier alpha value is -2.10. The number of carbonyl (C=O) groups excluding carboxylic acids is 1. The van der Waals surface area contributed by atoms with Crippen molar-refractivity contribution in [2.45, 2.75) is 27.7 Å². The van der Waals surface area contributed by atoms with Gasteiger partial charge in [-0.3, -0.25) is 4.79 Å². The summed E-state index contributed by atoms with van der Waals surface area (Å²) >= 11 is 0. The molecule has 0 saturated carbocycles. The highest BCUT2D eigenvalue weighted by atomic mass is 16.1. The molecule has 0 bridgehead atoms. The summed E-state index contributed by atoms with van der Waals surface area (Å²) in [5.74, 6) is 1.41. The first-order chi connectivity index (χ1) is 10.1. The van der Waals surface area contributed by atoms with Crippen molar-refractivity contribution in [1.82, 2.24) is 9.78 Å². The lowest BCUT2D eigenvalue weighted by molar-refractivity contribution is 0.112. The summed E-state index contributed by atoms with van der Waals surface area (Å²) in [6, 6.07) is 9.96. The largest absolute Gasteiger partial charge is 0.356 e. The summed E-state index contributed by atoms with van der Waals surface area (Å²) < 4.78 is 1.88. The first kappa shape index (κ1) is 15.3. The van der Waals surface area contributed by atoms with Crippen molar-refractivity contribution in [1.29, 1.82) is 0 Å². The Bertz CT molecular complexity index is 602. The second-order valence-corrected chi connectivity index (χ2v) is 5.62. The number of anilines is 1. The Morgan fingerprint density at radius 2 is 1.95 bits per heavy atom. The van der Waals surface area contributed by atoms with Crippen LogP contribution in [0.1, 0.15) is 36.8 Å². The van der Waals surface area contributed by atoms with Gasteiger partial charge in [-0.05, 0) is 31.9 Å². The summed E-state index contributed by atoms with van der Waals surface area (Å²) in [5.41, 5.74) is 2.43. The molecule has 2 aromatic rings. The fourth-order valence-electron chi connectivity index (χ4n) is 2.52. The lowest BCUT2D eigenvalue weighted by Crippen LogP contribution is -2.30. The van der Waals surface area contributed by atoms with E-state index in [4.69, 9.17) is 0 Å². The number of hydrogen-bond acceptors (Lipinski definition) is 3. The summed E-state index contributed by atoms with van der Waals surface area (Å²) in [6.45, 7) is 10.1. The van der Waals surface area contributed by atoms with E-state index in [1.807, 2.05) is 41.9 Å². The third kappa shape index (κ3) is 3.15. The fraction of sp³-hybridized carbons (Fsp3) is 0.412. The number of para-hydroxylation sites is 1. The van der Waals surface area contributed by atoms with Crippen LogP contribution >= 0.6 is 0 Å². The predicted molar refractivity (Wildman–Crippen MR) is 86.4 cm³/mol. The van der Waals surface area contributed by atoms with Gasteiger partial charge in [0.05, 0.1) is 16.9 Å². The highest BCUT2D eigenvalue weighted by molar-refractivity contribution is 5.85. The van der Waals surface area contributed by atoms with Gasteiger partial charge >= 0.3 is 0 Å². The molecule has 21 heavy (non-hydrogen) atoms. The maximum absolute atomic E-state index is 11.5. The molecule has 1 heterocycles. The fourth-order valence-corrected chi connectivity index (χ4v) is 2.52. The van der Waals surface area contributed by atoms with Gasteiger partial charge in [0.2, 0.25) is 0 Å². The molecule has 0 aliphatic carbocycles. The molecular formula is C17H23N3O. The van der Waals surface area contributed by atoms with Crippen LogP contribution in [0.5, 0.6) is 0 Å². The highest BCUT2D eigenvalue weighted by Crippen LogP contribution is 2.26. The van der Waals surface area contributed by atoms with E-state index in [1.54, 1.807) is 0 Å². The zero-order valence-electron chi connectivity index (χ0n) is 13.2. The molecule has 0 atom stereocenters. The van der Waals surface area contributed by atoms with Crippen molar-refractivity contribution < 1.29 is 4.79 Å². The molecule has 0 aliphatic rings. The minimum atomic E-state index is 0.517. The molecule has 0 amide bonds. The molecule has 0 saturated heterocycles. The molecule has 0 unspecified atom stereocenters. The van der Waals surface area contributed by atoms with Crippen LogP contribution in [0.15, 0.2) is 30.3 Å². The number of nitrogens with zero attached hydrogens (tertiary/aromatic N) is 3. The lowest BCUT2D eigenvalue weighted by atomic mass is 10.2. The Balaban J connectivity index is 2.58. The lowest BCUT2D eigenvalue weighted by Gasteiger charge is -2.26. The molecular weight excluding hydrogens is 262 g/mol. The number of benzene rings is 1. The minimum absolute atomic E-state index is 0.517. The van der Waals surface area contributed by atoms with Crippen molar-refractivity contribution in [3.63, 3.8) is 0 Å². The van der Waals surface area contributed by atoms with Crippen LogP contribution in [0, 0.1) is 12.8 Å². The van der Waals surface area contributed by atoms with Crippen molar-refractivity contribution in [2.75, 3.05) is 18.0 Å². The summed E-state index contributed by atoms with van der Waals surface area (Å²) in [4.78, 5) is 13.7. The van der Waals surface area contributed by atoms with Gasteiger partial charge in [-0.1, -0.05) is 32.0 Å². The van der Waals surface area contributed by atoms with E-state index in [0.717, 1.165) is 36.6 Å². The predicted octanol–water partition coefficient (Wildman–Crippen LogP) is 3.48. The molecule has 4 nitrogen and oxygen atoms in total. The molecule has 0 N–H and O–H groups in total. The molecule has 0 fully saturated rings. The topological polar surface area (TPSA) is 38.1 Å². The van der Waals surface area contributed by atoms with Crippen molar-refractivity contribution in [3.8, 4) is 5.69 Å². The Morgan fingerprint density at radius 3 is 2.48 bits per heavy atom. The van der Waals surface area contributed by atoms with Gasteiger partial charge in [-0.25, -0.2) is 4.68 Å². The van der Waals surface area contributed by atoms with Gasteiger partial charge in [-0.2, -0.15) is 5.10 Å². The van der Waals surface area contributed by atoms with Crippen molar-refractivity contribution in [2.24, 2.45) is 5.92 Å². The summed E-state index contributed by atoms with van der Waals surface area (Å²) in [5, 5.41) is 4.57. The highest BCUT2D eigenvalue weighted by Gasteiger charge is 2.21. The van der Waals surface area contributed by atoms with E-state index in [1.165, 1.54) is 0 Å². The zero-order chi connectivity index (χ0) is 15.4. The minimum Gasteiger partial charge on any atom is -0.356 e. The van der Waals surface area contributed by atoms with Crippen LogP contribution in [0.4, 0.5) is 5.82 Å². The Morgan fingerprint density at radius 1 is 1.29 bits per heavy atom. The van der Waals surface area contributed by atoms with Gasteiger partial charge in [0.15, 0.2) is 6.29 Å². The molecule has 0 aliphatic heterocycles. The van der Waals surface area contributed by atoms with Crippen LogP contribution in [0.2, 0.25) is 0 Å². The summed E-state index contributed by atoms with van der Waals surface area (Å²) in [7, 11) is 0. The quantitative estimate of drug-likeness (QED) is 0.763. The average Bonchev–Trinajstić information content (AvgIpc) is 2.82. The summed E-state index contributed by atoms with van der Waals surface area (Å²) in [6.07, 6.45) is 0.917. The van der Waals surface area contributed by atoms with Gasteiger partial charge in [-0.15, -0.1) is 0 Å². The first-order valence-electron chi connectivity index (χ1n) is 7.43. The van der Waals surface area contributed by atoms with Gasteiger partial charge in [0.25, 0.3) is 0 Å². The third-order valence-corrected chi connectivity index (χ3v) is 3.47. The van der Waals surface area contributed by atoms with E-state index >= 15 is 0 Å². The average molecular weight is 285 g/mol. The van der Waals surface area contributed by atoms with E-state index in [-0.39, 0.29) is 0 Å². The number of aromatic nitrogens is 2. The van der Waals surface area contributed by atoms with E-state index < -0.39 is 0 Å². The Kier molecular flexibility index (Phi) is 4.78. The van der Waals surface area contributed by atoms with Crippen LogP contribution in [-0.2, 0) is 0 Å². The third-order valence-electron chi connectivity index (χ3n) is 3.47. The van der Waals surface area contributed by atoms with E-state index in [2.05, 4.69) is 30.8 Å². The molecule has 0 spiro atoms. The number of carbonyl (C=O) groups is 1. The second kappa shape index (κ2) is 6.57. The molecule has 0 radical (unpaired) electrons. The van der Waals surface area contributed by atoms with E-state index in [9.17, 15) is 4.79 Å². The van der Waals surface area contributed by atoms with Gasteiger partial charge in [0.1, 0.15) is 5.82 Å². The number of aldehydes is 1. The van der Waals surface area contributed by atoms with Crippen LogP contribution < -0.4 is 4.90 Å². The molecule has 1 aromatic carbocycles. The maximum atomic E-state index is 11.5. The van der Waals surface area contributed by atoms with E-state index in [0.29, 0.717) is 11.5 Å². The molecule has 4 heteroatoms. The maximum Gasteiger partial charge on any atom is 0.155 e. The smallest absolute Gasteiger partial charge is 0.155 e. The van der Waals surface area contributed by atoms with Gasteiger partial charge < -0.3 is 4.90 Å². The molecule has 2 rings (SSSR count). The van der Waals surface area contributed by atoms with Crippen LogP contribution in [0.25, 0.3) is 5.69 Å². The zero-order valence-corrected chi connectivity index (χ0v) is 13.2. The molecule has 112 valence electrons. The monoisotopic (exact) mass is 285 g/mol. The van der Waals surface area contributed by atoms with Crippen molar-refractivity contribution >= 4 is 12.1 Å².